The minimum absolute atomic E-state index is 0.0590. The van der Waals surface area contributed by atoms with E-state index < -0.39 is 23.5 Å². The van der Waals surface area contributed by atoms with E-state index in [1.807, 2.05) is 0 Å². The van der Waals surface area contributed by atoms with Gasteiger partial charge in [0.1, 0.15) is 0 Å². The molecule has 1 aliphatic rings. The summed E-state index contributed by atoms with van der Waals surface area (Å²) in [6.45, 7) is 0.830. The second-order valence-corrected chi connectivity index (χ2v) is 6.00. The second-order valence-electron chi connectivity index (χ2n) is 6.00. The summed E-state index contributed by atoms with van der Waals surface area (Å²) in [5.41, 5.74) is -1.35. The molecule has 0 atom stereocenters. The highest BCUT2D eigenvalue weighted by molar-refractivity contribution is 5.59. The Bertz CT molecular complexity index is 695. The number of hydrogen-bond donors (Lipinski definition) is 0. The molecule has 0 amide bonds. The molecule has 1 fully saturated rings. The quantitative estimate of drug-likeness (QED) is 0.679. The minimum Gasteiger partial charge on any atom is -0.367 e. The van der Waals surface area contributed by atoms with E-state index in [1.165, 1.54) is 36.4 Å². The fourth-order valence-corrected chi connectivity index (χ4v) is 3.17. The van der Waals surface area contributed by atoms with Gasteiger partial charge in [0, 0.05) is 37.6 Å². The molecule has 3 rings (SSSR count). The minimum atomic E-state index is -4.48. The monoisotopic (exact) mass is 374 g/mol. The molecule has 0 spiro atoms. The van der Waals surface area contributed by atoms with E-state index in [9.17, 15) is 26.3 Å². The average Bonchev–Trinajstić information content (AvgIpc) is 2.60. The van der Waals surface area contributed by atoms with Crippen molar-refractivity contribution in [3.8, 4) is 0 Å². The van der Waals surface area contributed by atoms with E-state index in [0.29, 0.717) is 0 Å². The van der Waals surface area contributed by atoms with E-state index >= 15 is 0 Å². The summed E-state index contributed by atoms with van der Waals surface area (Å²) in [6, 6.07) is 10.5. The van der Waals surface area contributed by atoms with Gasteiger partial charge in [0.15, 0.2) is 0 Å². The van der Waals surface area contributed by atoms with Crippen molar-refractivity contribution in [2.75, 3.05) is 36.0 Å². The van der Waals surface area contributed by atoms with Gasteiger partial charge in [0.05, 0.1) is 11.1 Å². The number of alkyl halides is 6. The summed E-state index contributed by atoms with van der Waals surface area (Å²) >= 11 is 0. The third kappa shape index (κ3) is 3.73. The molecule has 1 aliphatic heterocycles. The van der Waals surface area contributed by atoms with Crippen LogP contribution in [0.25, 0.3) is 0 Å². The summed E-state index contributed by atoms with van der Waals surface area (Å²) in [5, 5.41) is 0. The van der Waals surface area contributed by atoms with E-state index in [0.717, 1.165) is 12.1 Å². The summed E-state index contributed by atoms with van der Waals surface area (Å²) < 4.78 is 79.0. The van der Waals surface area contributed by atoms with Crippen molar-refractivity contribution in [3.05, 3.63) is 59.7 Å². The maximum absolute atomic E-state index is 13.2. The lowest BCUT2D eigenvalue weighted by Gasteiger charge is -2.39. The first-order valence-electron chi connectivity index (χ1n) is 8.00. The van der Waals surface area contributed by atoms with Crippen LogP contribution < -0.4 is 9.80 Å². The van der Waals surface area contributed by atoms with Gasteiger partial charge in [-0.1, -0.05) is 24.3 Å². The number of piperazine rings is 1. The third-order valence-corrected chi connectivity index (χ3v) is 4.38. The second kappa shape index (κ2) is 6.74. The molecule has 0 aromatic heterocycles. The molecule has 8 heteroatoms. The Morgan fingerprint density at radius 1 is 0.538 bits per heavy atom. The van der Waals surface area contributed by atoms with Gasteiger partial charge < -0.3 is 9.80 Å². The normalized spacial score (nSPS) is 16.1. The van der Waals surface area contributed by atoms with Crippen LogP contribution in [0.1, 0.15) is 11.1 Å². The van der Waals surface area contributed by atoms with Gasteiger partial charge in [0.2, 0.25) is 0 Å². The van der Waals surface area contributed by atoms with Crippen molar-refractivity contribution >= 4 is 11.4 Å². The predicted molar refractivity (Wildman–Crippen MR) is 87.3 cm³/mol. The van der Waals surface area contributed by atoms with Crippen molar-refractivity contribution in [2.45, 2.75) is 12.4 Å². The molecule has 0 bridgehead atoms. The van der Waals surface area contributed by atoms with Crippen LogP contribution in [0.4, 0.5) is 37.7 Å². The van der Waals surface area contributed by atoms with Crippen LogP contribution in [0.15, 0.2) is 48.5 Å². The molecule has 0 aliphatic carbocycles. The largest absolute Gasteiger partial charge is 0.418 e. The fraction of sp³-hybridized carbons (Fsp3) is 0.333. The van der Waals surface area contributed by atoms with Crippen molar-refractivity contribution in [3.63, 3.8) is 0 Å². The van der Waals surface area contributed by atoms with Crippen LogP contribution in [-0.4, -0.2) is 26.2 Å². The van der Waals surface area contributed by atoms with Gasteiger partial charge in [-0.2, -0.15) is 26.3 Å². The molecule has 0 unspecified atom stereocenters. The van der Waals surface area contributed by atoms with Crippen LogP contribution in [0.2, 0.25) is 0 Å². The lowest BCUT2D eigenvalue weighted by molar-refractivity contribution is -0.138. The number of halogens is 6. The van der Waals surface area contributed by atoms with Gasteiger partial charge in [-0.25, -0.2) is 0 Å². The summed E-state index contributed by atoms with van der Waals surface area (Å²) in [5.74, 6) is 0. The molecule has 2 nitrogen and oxygen atoms in total. The first-order valence-corrected chi connectivity index (χ1v) is 8.00. The molecule has 0 saturated carbocycles. The lowest BCUT2D eigenvalue weighted by Crippen LogP contribution is -2.47. The molecular formula is C18H16F6N2. The van der Waals surface area contributed by atoms with E-state index in [1.54, 1.807) is 9.80 Å². The Morgan fingerprint density at radius 3 is 1.15 bits per heavy atom. The van der Waals surface area contributed by atoms with Crippen LogP contribution in [-0.2, 0) is 12.4 Å². The molecule has 2 aromatic carbocycles. The fourth-order valence-electron chi connectivity index (χ4n) is 3.17. The number of anilines is 2. The average molecular weight is 374 g/mol. The number of hydrogen-bond acceptors (Lipinski definition) is 2. The van der Waals surface area contributed by atoms with Crippen molar-refractivity contribution in [2.24, 2.45) is 0 Å². The topological polar surface area (TPSA) is 6.48 Å². The molecule has 26 heavy (non-hydrogen) atoms. The zero-order valence-corrected chi connectivity index (χ0v) is 13.6. The highest BCUT2D eigenvalue weighted by Crippen LogP contribution is 2.39. The molecular weight excluding hydrogens is 358 g/mol. The van der Waals surface area contributed by atoms with Crippen LogP contribution in [0.3, 0.4) is 0 Å². The maximum Gasteiger partial charge on any atom is 0.418 e. The van der Waals surface area contributed by atoms with Crippen LogP contribution in [0, 0.1) is 0 Å². The molecule has 140 valence electrons. The molecule has 0 N–H and O–H groups in total. The highest BCUT2D eigenvalue weighted by Gasteiger charge is 2.37. The van der Waals surface area contributed by atoms with Gasteiger partial charge in [0.25, 0.3) is 0 Å². The summed E-state index contributed by atoms with van der Waals surface area (Å²) in [7, 11) is 0. The Morgan fingerprint density at radius 2 is 0.846 bits per heavy atom. The standard InChI is InChI=1S/C18H16F6N2/c19-17(20,21)13-5-1-3-7-15(13)25-9-11-26(12-10-25)16-8-4-2-6-14(16)18(22,23)24/h1-8H,9-12H2. The zero-order chi connectivity index (χ0) is 18.9. The van der Waals surface area contributed by atoms with Crippen LogP contribution >= 0.6 is 0 Å². The third-order valence-electron chi connectivity index (χ3n) is 4.38. The van der Waals surface area contributed by atoms with Crippen LogP contribution in [0.5, 0.6) is 0 Å². The van der Waals surface area contributed by atoms with E-state index in [4.69, 9.17) is 0 Å². The smallest absolute Gasteiger partial charge is 0.367 e. The Hall–Kier alpha value is -2.38. The SMILES string of the molecule is FC(F)(F)c1ccccc1N1CCN(c2ccccc2C(F)(F)F)CC1. The van der Waals surface area contributed by atoms with E-state index in [-0.39, 0.29) is 37.6 Å². The number of para-hydroxylation sites is 2. The Balaban J connectivity index is 1.80. The zero-order valence-electron chi connectivity index (χ0n) is 13.6. The number of rotatable bonds is 2. The summed E-state index contributed by atoms with van der Waals surface area (Å²) in [4.78, 5) is 3.13. The maximum atomic E-state index is 13.2. The van der Waals surface area contributed by atoms with Gasteiger partial charge in [-0.05, 0) is 24.3 Å². The Labute approximate surface area is 146 Å². The first kappa shape index (κ1) is 18.4. The first-order chi connectivity index (χ1) is 12.2. The van der Waals surface area contributed by atoms with E-state index in [2.05, 4.69) is 0 Å². The number of benzene rings is 2. The highest BCUT2D eigenvalue weighted by atomic mass is 19.4. The van der Waals surface area contributed by atoms with Crippen molar-refractivity contribution < 1.29 is 26.3 Å². The number of nitrogens with zero attached hydrogens (tertiary/aromatic N) is 2. The predicted octanol–water partition coefficient (Wildman–Crippen LogP) is 5.05. The molecule has 0 radical (unpaired) electrons. The summed E-state index contributed by atoms with van der Waals surface area (Å²) in [6.07, 6.45) is -8.95. The van der Waals surface area contributed by atoms with Gasteiger partial charge >= 0.3 is 12.4 Å². The van der Waals surface area contributed by atoms with Gasteiger partial charge in [-0.3, -0.25) is 0 Å². The Kier molecular flexibility index (Phi) is 4.77. The molecule has 1 saturated heterocycles. The molecule has 1 heterocycles. The molecule has 2 aromatic rings. The van der Waals surface area contributed by atoms with Gasteiger partial charge in [-0.15, -0.1) is 0 Å². The lowest BCUT2D eigenvalue weighted by atomic mass is 10.1. The van der Waals surface area contributed by atoms with Crippen molar-refractivity contribution in [1.82, 2.24) is 0 Å². The van der Waals surface area contributed by atoms with Crippen molar-refractivity contribution in [1.29, 1.82) is 0 Å².